The third-order valence-electron chi connectivity index (χ3n) is 0.763. The van der Waals surface area contributed by atoms with Crippen molar-refractivity contribution >= 4 is 24.8 Å². The fourth-order valence-corrected chi connectivity index (χ4v) is 0.224. The van der Waals surface area contributed by atoms with Crippen molar-refractivity contribution in [3.63, 3.8) is 0 Å². The Bertz CT molecular complexity index is 33.2. The zero-order valence-electron chi connectivity index (χ0n) is 5.18. The second kappa shape index (κ2) is 11.1. The van der Waals surface area contributed by atoms with E-state index in [4.69, 9.17) is 0 Å². The van der Waals surface area contributed by atoms with Gasteiger partial charge >= 0.3 is 51.0 Å². The predicted molar refractivity (Wildman–Crippen MR) is 37.4 cm³/mol. The van der Waals surface area contributed by atoms with Crippen LogP contribution in [0.4, 0.5) is 0 Å². The minimum absolute atomic E-state index is 0. The van der Waals surface area contributed by atoms with E-state index in [2.05, 4.69) is 37.9 Å². The van der Waals surface area contributed by atoms with Crippen LogP contribution in [0.2, 0.25) is 0 Å². The fraction of sp³-hybridized carbons (Fsp3) is 1.00. The van der Waals surface area contributed by atoms with Gasteiger partial charge in [-0.25, -0.2) is 0 Å². The molecule has 0 atom stereocenters. The molecular weight excluding hydrogens is 181 g/mol. The van der Waals surface area contributed by atoms with E-state index in [1.54, 1.807) is 0 Å². The van der Waals surface area contributed by atoms with E-state index >= 15 is 0 Å². The first-order chi connectivity index (χ1) is 2.81. The summed E-state index contributed by atoms with van der Waals surface area (Å²) < 4.78 is 2.25. The number of hydrogen-bond acceptors (Lipinski definition) is 1. The molecule has 51 valence electrons. The molecule has 0 aromatic carbocycles. The fourth-order valence-electron chi connectivity index (χ4n) is 0.224. The van der Waals surface area contributed by atoms with Gasteiger partial charge in [0.15, 0.2) is 0 Å². The smallest absolute Gasteiger partial charge is 0.147 e. The summed E-state index contributed by atoms with van der Waals surface area (Å²) in [6, 6.07) is 0. The maximum atomic E-state index is 2.25. The second-order valence-corrected chi connectivity index (χ2v) is 2.16. The molecule has 8 heavy (non-hydrogen) atoms. The standard InChI is InChI=1S/C4H10N.2ClH.Ti/c1-3-5-4-2;;;/h3-4H2,1-2H3;2*1H;/q-1;;;+1. The van der Waals surface area contributed by atoms with Crippen LogP contribution < -0.4 is 0 Å². The molecule has 0 saturated heterocycles. The average molecular weight is 193 g/mol. The summed E-state index contributed by atoms with van der Waals surface area (Å²) in [5.41, 5.74) is 0. The molecule has 0 N–H and O–H groups in total. The molecule has 0 aromatic heterocycles. The van der Waals surface area contributed by atoms with Crippen LogP contribution in [0.25, 0.3) is 0 Å². The maximum absolute atomic E-state index is 2.25. The van der Waals surface area contributed by atoms with Gasteiger partial charge in [0.25, 0.3) is 0 Å². The van der Waals surface area contributed by atoms with Gasteiger partial charge in [-0.15, -0.1) is 24.8 Å². The molecule has 0 amide bonds. The van der Waals surface area contributed by atoms with Gasteiger partial charge in [-0.3, -0.25) is 0 Å². The molecule has 0 aliphatic heterocycles. The quantitative estimate of drug-likeness (QED) is 0.602. The van der Waals surface area contributed by atoms with Crippen molar-refractivity contribution in [1.82, 2.24) is 3.38 Å². The molecule has 0 aromatic rings. The second-order valence-electron chi connectivity index (χ2n) is 1.17. The van der Waals surface area contributed by atoms with E-state index in [-0.39, 0.29) is 24.8 Å². The van der Waals surface area contributed by atoms with Crippen LogP contribution in [0.5, 0.6) is 0 Å². The molecule has 0 saturated carbocycles. The Morgan fingerprint density at radius 1 is 1.12 bits per heavy atom. The molecule has 4 heteroatoms. The van der Waals surface area contributed by atoms with Gasteiger partial charge in [-0.05, 0) is 0 Å². The van der Waals surface area contributed by atoms with Gasteiger partial charge in [0.1, 0.15) is 0 Å². The summed E-state index contributed by atoms with van der Waals surface area (Å²) in [6.45, 7) is 6.64. The molecule has 1 nitrogen and oxygen atoms in total. The number of rotatable bonds is 2. The molecule has 0 unspecified atom stereocenters. The van der Waals surface area contributed by atoms with Gasteiger partial charge in [0.2, 0.25) is 0 Å². The first-order valence-corrected chi connectivity index (χ1v) is 2.97. The van der Waals surface area contributed by atoms with Crippen molar-refractivity contribution < 1.29 is 20.7 Å². The Morgan fingerprint density at radius 3 is 1.38 bits per heavy atom. The molecule has 0 bridgehead atoms. The van der Waals surface area contributed by atoms with Crippen molar-refractivity contribution in [2.24, 2.45) is 0 Å². The SMILES string of the molecule is CC[N]([Ti])CC.Cl.Cl. The third kappa shape index (κ3) is 10.3. The molecule has 0 spiro atoms. The monoisotopic (exact) mass is 192 g/mol. The molecule has 0 heterocycles. The Balaban J connectivity index is -0.000000125. The average Bonchev–Trinajstić information content (AvgIpc) is 1.65. The maximum Gasteiger partial charge on any atom is -0.147 e. The molecule has 0 aliphatic carbocycles. The largest absolute Gasteiger partial charge is 0.147 e. The number of halogens is 2. The molecule has 0 aliphatic rings. The first-order valence-electron chi connectivity index (χ1n) is 2.27. The topological polar surface area (TPSA) is 3.24 Å². The zero-order valence-corrected chi connectivity index (χ0v) is 8.37. The van der Waals surface area contributed by atoms with Gasteiger partial charge < -0.3 is 0 Å². The van der Waals surface area contributed by atoms with Crippen LogP contribution >= 0.6 is 24.8 Å². The minimum Gasteiger partial charge on any atom is -0.147 e. The van der Waals surface area contributed by atoms with Gasteiger partial charge in [-0.2, -0.15) is 0 Å². The van der Waals surface area contributed by atoms with Gasteiger partial charge in [-0.1, -0.05) is 0 Å². The van der Waals surface area contributed by atoms with E-state index in [1.807, 2.05) is 0 Å². The molecule has 0 fully saturated rings. The van der Waals surface area contributed by atoms with E-state index in [0.29, 0.717) is 0 Å². The summed E-state index contributed by atoms with van der Waals surface area (Å²) in [5, 5.41) is 0. The van der Waals surface area contributed by atoms with Crippen LogP contribution in [0.15, 0.2) is 0 Å². The van der Waals surface area contributed by atoms with Gasteiger partial charge in [0, 0.05) is 0 Å². The molecular formula is C4H12Cl2NTi. The van der Waals surface area contributed by atoms with E-state index in [1.165, 1.54) is 0 Å². The summed E-state index contributed by atoms with van der Waals surface area (Å²) in [7, 11) is 0. The predicted octanol–water partition coefficient (Wildman–Crippen LogP) is 1.63. The zero-order chi connectivity index (χ0) is 4.99. The van der Waals surface area contributed by atoms with Crippen LogP contribution in [0.3, 0.4) is 0 Å². The number of hydrogen-bond donors (Lipinski definition) is 0. The van der Waals surface area contributed by atoms with Crippen LogP contribution in [0, 0.1) is 0 Å². The minimum atomic E-state index is 0. The normalized spacial score (nSPS) is 7.25. The summed E-state index contributed by atoms with van der Waals surface area (Å²) >= 11 is 2.11. The van der Waals surface area contributed by atoms with Crippen molar-refractivity contribution in [1.29, 1.82) is 0 Å². The Morgan fingerprint density at radius 2 is 1.38 bits per heavy atom. The van der Waals surface area contributed by atoms with Crippen molar-refractivity contribution in [3.8, 4) is 0 Å². The Kier molecular flexibility index (Phi) is 22.4. The van der Waals surface area contributed by atoms with Crippen molar-refractivity contribution in [2.75, 3.05) is 13.1 Å². The van der Waals surface area contributed by atoms with E-state index < -0.39 is 0 Å². The molecule has 0 radical (unpaired) electrons. The van der Waals surface area contributed by atoms with Crippen LogP contribution in [-0.2, 0) is 20.7 Å². The van der Waals surface area contributed by atoms with Gasteiger partial charge in [0.05, 0.1) is 0 Å². The van der Waals surface area contributed by atoms with Crippen molar-refractivity contribution in [3.05, 3.63) is 0 Å². The summed E-state index contributed by atoms with van der Waals surface area (Å²) in [4.78, 5) is 0. The summed E-state index contributed by atoms with van der Waals surface area (Å²) in [6.07, 6.45) is 0. The molecule has 0 rings (SSSR count). The van der Waals surface area contributed by atoms with Crippen LogP contribution in [-0.4, -0.2) is 16.5 Å². The Labute approximate surface area is 75.7 Å². The van der Waals surface area contributed by atoms with Crippen LogP contribution in [0.1, 0.15) is 13.8 Å². The number of nitrogens with zero attached hydrogens (tertiary/aromatic N) is 1. The van der Waals surface area contributed by atoms with Crippen molar-refractivity contribution in [2.45, 2.75) is 13.8 Å². The third-order valence-corrected chi connectivity index (χ3v) is 1.75. The van der Waals surface area contributed by atoms with E-state index in [0.717, 1.165) is 13.1 Å². The summed E-state index contributed by atoms with van der Waals surface area (Å²) in [5.74, 6) is 0. The van der Waals surface area contributed by atoms with E-state index in [9.17, 15) is 0 Å². The first kappa shape index (κ1) is 16.1. The Hall–Kier alpha value is 1.25.